The van der Waals surface area contributed by atoms with Crippen LogP contribution in [-0.4, -0.2) is 35.4 Å². The quantitative estimate of drug-likeness (QED) is 0.735. The third kappa shape index (κ3) is 6.93. The highest BCUT2D eigenvalue weighted by atomic mass is 16.5. The Balaban J connectivity index is 2.39. The standard InChI is InChI=1S/C24H32N2O3/c1-6-22(27)26(17-19-13-10-14-20(15-19)29-5)21(23(28)25-24(2,3)4)16-18-11-8-7-9-12-18/h7-15,21H,6,16-17H2,1-5H3,(H,25,28)/t21-/m0/s1. The third-order valence-corrected chi connectivity index (χ3v) is 4.56. The van der Waals surface area contributed by atoms with Crippen LogP contribution in [-0.2, 0) is 22.6 Å². The first-order valence-electron chi connectivity index (χ1n) is 10.0. The Hall–Kier alpha value is -2.82. The minimum atomic E-state index is -0.602. The summed E-state index contributed by atoms with van der Waals surface area (Å²) in [5.41, 5.74) is 1.55. The van der Waals surface area contributed by atoms with Gasteiger partial charge in [0.2, 0.25) is 11.8 Å². The minimum absolute atomic E-state index is 0.0576. The van der Waals surface area contributed by atoms with Crippen LogP contribution in [0.1, 0.15) is 45.2 Å². The smallest absolute Gasteiger partial charge is 0.243 e. The van der Waals surface area contributed by atoms with Crippen LogP contribution in [0.25, 0.3) is 0 Å². The maximum absolute atomic E-state index is 13.2. The molecule has 156 valence electrons. The third-order valence-electron chi connectivity index (χ3n) is 4.56. The van der Waals surface area contributed by atoms with E-state index < -0.39 is 6.04 Å². The van der Waals surface area contributed by atoms with E-state index in [-0.39, 0.29) is 17.4 Å². The van der Waals surface area contributed by atoms with E-state index in [0.29, 0.717) is 19.4 Å². The van der Waals surface area contributed by atoms with Crippen LogP contribution in [0.5, 0.6) is 5.75 Å². The van der Waals surface area contributed by atoms with E-state index in [4.69, 9.17) is 4.74 Å². The number of rotatable bonds is 8. The number of methoxy groups -OCH3 is 1. The lowest BCUT2D eigenvalue weighted by molar-refractivity contribution is -0.141. The monoisotopic (exact) mass is 396 g/mol. The maximum atomic E-state index is 13.2. The van der Waals surface area contributed by atoms with E-state index in [0.717, 1.165) is 16.9 Å². The van der Waals surface area contributed by atoms with Gasteiger partial charge in [0.05, 0.1) is 7.11 Å². The lowest BCUT2D eigenvalue weighted by Crippen LogP contribution is -2.54. The Morgan fingerprint density at radius 1 is 1.03 bits per heavy atom. The average molecular weight is 397 g/mol. The molecule has 0 saturated carbocycles. The minimum Gasteiger partial charge on any atom is -0.497 e. The second-order valence-corrected chi connectivity index (χ2v) is 8.17. The number of hydrogen-bond donors (Lipinski definition) is 1. The van der Waals surface area contributed by atoms with Crippen molar-refractivity contribution in [1.82, 2.24) is 10.2 Å². The molecule has 29 heavy (non-hydrogen) atoms. The second-order valence-electron chi connectivity index (χ2n) is 8.17. The van der Waals surface area contributed by atoms with Crippen molar-refractivity contribution >= 4 is 11.8 Å². The molecule has 5 heteroatoms. The molecule has 2 rings (SSSR count). The first-order chi connectivity index (χ1) is 13.7. The van der Waals surface area contributed by atoms with Gasteiger partial charge in [-0.2, -0.15) is 0 Å². The molecule has 1 N–H and O–H groups in total. The lowest BCUT2D eigenvalue weighted by Gasteiger charge is -2.33. The van der Waals surface area contributed by atoms with Crippen molar-refractivity contribution in [3.63, 3.8) is 0 Å². The molecule has 0 saturated heterocycles. The number of nitrogens with zero attached hydrogens (tertiary/aromatic N) is 1. The number of benzene rings is 2. The fraction of sp³-hybridized carbons (Fsp3) is 0.417. The van der Waals surface area contributed by atoms with Crippen LogP contribution >= 0.6 is 0 Å². The van der Waals surface area contributed by atoms with Crippen LogP contribution in [0, 0.1) is 0 Å². The molecule has 2 aromatic carbocycles. The number of nitrogens with one attached hydrogen (secondary N) is 1. The first-order valence-corrected chi connectivity index (χ1v) is 10.0. The molecule has 0 aliphatic heterocycles. The molecule has 2 amide bonds. The summed E-state index contributed by atoms with van der Waals surface area (Å²) in [5.74, 6) is 0.522. The molecule has 0 aromatic heterocycles. The van der Waals surface area contributed by atoms with Gasteiger partial charge in [0.15, 0.2) is 0 Å². The molecule has 0 fully saturated rings. The van der Waals surface area contributed by atoms with E-state index in [1.54, 1.807) is 12.0 Å². The zero-order chi connectivity index (χ0) is 21.4. The molecule has 0 bridgehead atoms. The van der Waals surface area contributed by atoms with Crippen molar-refractivity contribution < 1.29 is 14.3 Å². The first kappa shape index (κ1) is 22.5. The van der Waals surface area contributed by atoms with E-state index in [9.17, 15) is 9.59 Å². The summed E-state index contributed by atoms with van der Waals surface area (Å²) < 4.78 is 5.31. The number of amides is 2. The van der Waals surface area contributed by atoms with Crippen LogP contribution < -0.4 is 10.1 Å². The van der Waals surface area contributed by atoms with Gasteiger partial charge in [0.1, 0.15) is 11.8 Å². The van der Waals surface area contributed by atoms with E-state index in [1.807, 2.05) is 82.3 Å². The topological polar surface area (TPSA) is 58.6 Å². The molecule has 2 aromatic rings. The molecule has 0 spiro atoms. The van der Waals surface area contributed by atoms with Crippen molar-refractivity contribution in [3.05, 3.63) is 65.7 Å². The second kappa shape index (κ2) is 10.1. The molecular formula is C24H32N2O3. The van der Waals surface area contributed by atoms with Gasteiger partial charge in [0.25, 0.3) is 0 Å². The van der Waals surface area contributed by atoms with Gasteiger partial charge < -0.3 is 15.0 Å². The normalized spacial score (nSPS) is 12.2. The largest absolute Gasteiger partial charge is 0.497 e. The van der Waals surface area contributed by atoms with Crippen molar-refractivity contribution in [1.29, 1.82) is 0 Å². The van der Waals surface area contributed by atoms with Gasteiger partial charge in [-0.3, -0.25) is 9.59 Å². The van der Waals surface area contributed by atoms with Crippen molar-refractivity contribution in [2.24, 2.45) is 0 Å². The zero-order valence-electron chi connectivity index (χ0n) is 18.1. The molecule has 0 radical (unpaired) electrons. The van der Waals surface area contributed by atoms with Gasteiger partial charge in [-0.1, -0.05) is 49.4 Å². The van der Waals surface area contributed by atoms with Crippen molar-refractivity contribution in [2.75, 3.05) is 7.11 Å². The highest BCUT2D eigenvalue weighted by Crippen LogP contribution is 2.19. The Labute approximate surface area is 174 Å². The molecule has 0 heterocycles. The van der Waals surface area contributed by atoms with E-state index in [2.05, 4.69) is 5.32 Å². The summed E-state index contributed by atoms with van der Waals surface area (Å²) in [6.45, 7) is 8.00. The maximum Gasteiger partial charge on any atom is 0.243 e. The number of hydrogen-bond acceptors (Lipinski definition) is 3. The van der Waals surface area contributed by atoms with Crippen LogP contribution in [0.3, 0.4) is 0 Å². The van der Waals surface area contributed by atoms with Gasteiger partial charge in [-0.05, 0) is 44.0 Å². The molecule has 1 atom stereocenters. The Morgan fingerprint density at radius 3 is 2.28 bits per heavy atom. The molecule has 0 aliphatic rings. The number of ether oxygens (including phenoxy) is 1. The van der Waals surface area contributed by atoms with Gasteiger partial charge in [-0.15, -0.1) is 0 Å². The fourth-order valence-corrected chi connectivity index (χ4v) is 3.18. The summed E-state index contributed by atoms with van der Waals surface area (Å²) in [5, 5.41) is 3.05. The van der Waals surface area contributed by atoms with Gasteiger partial charge >= 0.3 is 0 Å². The number of carbonyl (C=O) groups is 2. The SMILES string of the molecule is CCC(=O)N(Cc1cccc(OC)c1)[C@@H](Cc1ccccc1)C(=O)NC(C)(C)C. The summed E-state index contributed by atoms with van der Waals surface area (Å²) in [7, 11) is 1.61. The van der Waals surface area contributed by atoms with Crippen molar-refractivity contribution in [2.45, 2.75) is 58.7 Å². The van der Waals surface area contributed by atoms with E-state index in [1.165, 1.54) is 0 Å². The Morgan fingerprint density at radius 2 is 1.69 bits per heavy atom. The van der Waals surface area contributed by atoms with Crippen LogP contribution in [0.15, 0.2) is 54.6 Å². The molecule has 0 aliphatic carbocycles. The lowest BCUT2D eigenvalue weighted by atomic mass is 10.0. The Bertz CT molecular complexity index is 812. The molecule has 0 unspecified atom stereocenters. The summed E-state index contributed by atoms with van der Waals surface area (Å²) >= 11 is 0. The van der Waals surface area contributed by atoms with Crippen molar-refractivity contribution in [3.8, 4) is 5.75 Å². The highest BCUT2D eigenvalue weighted by molar-refractivity contribution is 5.88. The van der Waals surface area contributed by atoms with Gasteiger partial charge in [0, 0.05) is 24.9 Å². The van der Waals surface area contributed by atoms with Crippen LogP contribution in [0.4, 0.5) is 0 Å². The predicted molar refractivity (Wildman–Crippen MR) is 116 cm³/mol. The number of carbonyl (C=O) groups excluding carboxylic acids is 2. The summed E-state index contributed by atoms with van der Waals surface area (Å²) in [4.78, 5) is 27.8. The Kier molecular flexibility index (Phi) is 7.82. The summed E-state index contributed by atoms with van der Waals surface area (Å²) in [6, 6.07) is 16.8. The fourth-order valence-electron chi connectivity index (χ4n) is 3.18. The highest BCUT2D eigenvalue weighted by Gasteiger charge is 2.31. The van der Waals surface area contributed by atoms with Gasteiger partial charge in [-0.25, -0.2) is 0 Å². The predicted octanol–water partition coefficient (Wildman–Crippen LogP) is 3.96. The van der Waals surface area contributed by atoms with Crippen LogP contribution in [0.2, 0.25) is 0 Å². The average Bonchev–Trinajstić information content (AvgIpc) is 2.69. The summed E-state index contributed by atoms with van der Waals surface area (Å²) in [6.07, 6.45) is 0.788. The molecular weight excluding hydrogens is 364 g/mol. The molecule has 5 nitrogen and oxygen atoms in total. The van der Waals surface area contributed by atoms with E-state index >= 15 is 0 Å². The zero-order valence-corrected chi connectivity index (χ0v) is 18.1.